The van der Waals surface area contributed by atoms with E-state index < -0.39 is 6.61 Å². The number of anilines is 1. The van der Waals surface area contributed by atoms with Crippen molar-refractivity contribution in [3.8, 4) is 5.75 Å². The average molecular weight is 346 g/mol. The number of aromatic nitrogens is 2. The van der Waals surface area contributed by atoms with E-state index in [4.69, 9.17) is 11.6 Å². The van der Waals surface area contributed by atoms with Crippen LogP contribution in [-0.4, -0.2) is 28.2 Å². The van der Waals surface area contributed by atoms with Crippen molar-refractivity contribution in [2.75, 3.05) is 11.1 Å². The first-order valence-corrected chi connectivity index (χ1v) is 7.35. The zero-order valence-corrected chi connectivity index (χ0v) is 12.6. The zero-order chi connectivity index (χ0) is 15.9. The van der Waals surface area contributed by atoms with Crippen LogP contribution in [0.4, 0.5) is 14.5 Å². The van der Waals surface area contributed by atoms with E-state index in [9.17, 15) is 13.6 Å². The van der Waals surface area contributed by atoms with Crippen molar-refractivity contribution in [1.82, 2.24) is 9.97 Å². The highest BCUT2D eigenvalue weighted by Crippen LogP contribution is 2.29. The normalized spacial score (nSPS) is 10.5. The summed E-state index contributed by atoms with van der Waals surface area (Å²) in [5, 5.41) is 3.06. The Labute approximate surface area is 134 Å². The highest BCUT2D eigenvalue weighted by atomic mass is 35.5. The van der Waals surface area contributed by atoms with Crippen molar-refractivity contribution >= 4 is 35.0 Å². The minimum atomic E-state index is -2.96. The summed E-state index contributed by atoms with van der Waals surface area (Å²) < 4.78 is 28.4. The Morgan fingerprint density at radius 3 is 2.73 bits per heavy atom. The molecule has 0 aliphatic heterocycles. The number of nitrogens with one attached hydrogen (secondary N) is 1. The number of nitrogens with zero attached hydrogens (tertiary/aromatic N) is 2. The molecule has 0 fully saturated rings. The van der Waals surface area contributed by atoms with Gasteiger partial charge in [0.25, 0.3) is 0 Å². The summed E-state index contributed by atoms with van der Waals surface area (Å²) in [7, 11) is 0. The molecule has 2 rings (SSSR count). The molecule has 2 aromatic rings. The Balaban J connectivity index is 1.90. The zero-order valence-electron chi connectivity index (χ0n) is 11.0. The van der Waals surface area contributed by atoms with Gasteiger partial charge in [-0.15, -0.1) is 0 Å². The lowest BCUT2D eigenvalue weighted by molar-refractivity contribution is -0.113. The highest BCUT2D eigenvalue weighted by Gasteiger charge is 2.10. The molecule has 0 saturated carbocycles. The predicted molar refractivity (Wildman–Crippen MR) is 79.5 cm³/mol. The number of amides is 1. The monoisotopic (exact) mass is 345 g/mol. The number of ether oxygens (including phenoxy) is 1. The Morgan fingerprint density at radius 1 is 1.36 bits per heavy atom. The van der Waals surface area contributed by atoms with E-state index >= 15 is 0 Å². The fourth-order valence-corrected chi connectivity index (χ4v) is 2.29. The molecule has 22 heavy (non-hydrogen) atoms. The lowest BCUT2D eigenvalue weighted by atomic mass is 10.3. The van der Waals surface area contributed by atoms with Gasteiger partial charge in [-0.3, -0.25) is 4.79 Å². The fourth-order valence-electron chi connectivity index (χ4n) is 1.46. The molecular formula is C13H10ClF2N3O2S. The lowest BCUT2D eigenvalue weighted by Crippen LogP contribution is -2.14. The van der Waals surface area contributed by atoms with Crippen molar-refractivity contribution in [2.45, 2.75) is 11.8 Å². The van der Waals surface area contributed by atoms with E-state index in [0.29, 0.717) is 10.8 Å². The van der Waals surface area contributed by atoms with E-state index in [2.05, 4.69) is 20.0 Å². The molecule has 0 atom stereocenters. The second-order valence-electron chi connectivity index (χ2n) is 3.89. The maximum Gasteiger partial charge on any atom is 0.387 e. The molecular weight excluding hydrogens is 336 g/mol. The first kappa shape index (κ1) is 16.4. The number of carbonyl (C=O) groups excluding carboxylic acids is 1. The standard InChI is InChI=1S/C13H10ClF2N3O2S/c14-9-6-8(2-3-10(9)21-12(15)16)19-11(20)7-22-13-17-4-1-5-18-13/h1-6,12H,7H2,(H,19,20). The molecule has 0 saturated heterocycles. The predicted octanol–water partition coefficient (Wildman–Crippen LogP) is 3.46. The molecule has 1 aromatic carbocycles. The van der Waals surface area contributed by atoms with Crippen LogP contribution in [0.15, 0.2) is 41.8 Å². The Morgan fingerprint density at radius 2 is 2.09 bits per heavy atom. The van der Waals surface area contributed by atoms with Gasteiger partial charge in [-0.2, -0.15) is 8.78 Å². The third kappa shape index (κ3) is 5.12. The van der Waals surface area contributed by atoms with Crippen LogP contribution in [0.1, 0.15) is 0 Å². The molecule has 1 N–H and O–H groups in total. The van der Waals surface area contributed by atoms with Crippen LogP contribution in [0.25, 0.3) is 0 Å². The Kier molecular flexibility index (Phi) is 5.91. The van der Waals surface area contributed by atoms with Crippen LogP contribution in [0.3, 0.4) is 0 Å². The maximum atomic E-state index is 12.1. The number of carbonyl (C=O) groups is 1. The molecule has 0 aliphatic rings. The summed E-state index contributed by atoms with van der Waals surface area (Å²) in [6.45, 7) is -2.96. The highest BCUT2D eigenvalue weighted by molar-refractivity contribution is 7.99. The maximum absolute atomic E-state index is 12.1. The van der Waals surface area contributed by atoms with Gasteiger partial charge in [-0.05, 0) is 24.3 Å². The van der Waals surface area contributed by atoms with Crippen molar-refractivity contribution < 1.29 is 18.3 Å². The van der Waals surface area contributed by atoms with Crippen LogP contribution in [-0.2, 0) is 4.79 Å². The number of benzene rings is 1. The SMILES string of the molecule is O=C(CSc1ncccn1)Nc1ccc(OC(F)F)c(Cl)c1. The molecule has 0 spiro atoms. The first-order valence-electron chi connectivity index (χ1n) is 5.98. The fraction of sp³-hybridized carbons (Fsp3) is 0.154. The van der Waals surface area contributed by atoms with Gasteiger partial charge in [0.1, 0.15) is 5.75 Å². The number of hydrogen-bond acceptors (Lipinski definition) is 5. The van der Waals surface area contributed by atoms with Gasteiger partial charge in [-0.1, -0.05) is 23.4 Å². The molecule has 0 bridgehead atoms. The number of thioether (sulfide) groups is 1. The Hall–Kier alpha value is -1.93. The van der Waals surface area contributed by atoms with Crippen LogP contribution < -0.4 is 10.1 Å². The molecule has 0 radical (unpaired) electrons. The third-order valence-corrected chi connectivity index (χ3v) is 3.48. The topological polar surface area (TPSA) is 64.1 Å². The van der Waals surface area contributed by atoms with E-state index in [-0.39, 0.29) is 22.4 Å². The van der Waals surface area contributed by atoms with Gasteiger partial charge in [-0.25, -0.2) is 9.97 Å². The quantitative estimate of drug-likeness (QED) is 0.641. The van der Waals surface area contributed by atoms with Gasteiger partial charge in [0, 0.05) is 18.1 Å². The van der Waals surface area contributed by atoms with Crippen molar-refractivity contribution in [2.24, 2.45) is 0 Å². The van der Waals surface area contributed by atoms with Gasteiger partial charge in [0.05, 0.1) is 10.8 Å². The lowest BCUT2D eigenvalue weighted by Gasteiger charge is -2.09. The first-order chi connectivity index (χ1) is 10.5. The smallest absolute Gasteiger partial charge is 0.387 e. The summed E-state index contributed by atoms with van der Waals surface area (Å²) in [6, 6.07) is 5.69. The van der Waals surface area contributed by atoms with Crippen LogP contribution >= 0.6 is 23.4 Å². The second-order valence-corrected chi connectivity index (χ2v) is 5.24. The summed E-state index contributed by atoms with van der Waals surface area (Å²) in [5.41, 5.74) is 0.381. The van der Waals surface area contributed by atoms with Gasteiger partial charge < -0.3 is 10.1 Å². The number of halogens is 3. The van der Waals surface area contributed by atoms with Crippen molar-refractivity contribution in [3.63, 3.8) is 0 Å². The van der Waals surface area contributed by atoms with Crippen LogP contribution in [0, 0.1) is 0 Å². The summed E-state index contributed by atoms with van der Waals surface area (Å²) >= 11 is 6.97. The summed E-state index contributed by atoms with van der Waals surface area (Å²) in [4.78, 5) is 19.7. The van der Waals surface area contributed by atoms with Gasteiger partial charge in [0.2, 0.25) is 5.91 Å². The number of hydrogen-bond donors (Lipinski definition) is 1. The second kappa shape index (κ2) is 7.90. The molecule has 9 heteroatoms. The van der Waals surface area contributed by atoms with Crippen LogP contribution in [0.2, 0.25) is 5.02 Å². The van der Waals surface area contributed by atoms with Crippen molar-refractivity contribution in [3.05, 3.63) is 41.7 Å². The average Bonchev–Trinajstić information content (AvgIpc) is 2.49. The molecule has 1 heterocycles. The molecule has 5 nitrogen and oxygen atoms in total. The number of alkyl halides is 2. The van der Waals surface area contributed by atoms with E-state index in [1.807, 2.05) is 0 Å². The van der Waals surface area contributed by atoms with Crippen LogP contribution in [0.5, 0.6) is 5.75 Å². The molecule has 1 aromatic heterocycles. The summed E-state index contributed by atoms with van der Waals surface area (Å²) in [6.07, 6.45) is 3.16. The van der Waals surface area contributed by atoms with E-state index in [1.165, 1.54) is 30.0 Å². The van der Waals surface area contributed by atoms with Gasteiger partial charge in [0.15, 0.2) is 5.16 Å². The minimum Gasteiger partial charge on any atom is -0.433 e. The number of rotatable bonds is 6. The molecule has 1 amide bonds. The largest absolute Gasteiger partial charge is 0.433 e. The summed E-state index contributed by atoms with van der Waals surface area (Å²) in [5.74, 6) is -0.338. The van der Waals surface area contributed by atoms with E-state index in [1.54, 1.807) is 18.5 Å². The molecule has 116 valence electrons. The third-order valence-electron chi connectivity index (χ3n) is 2.31. The van der Waals surface area contributed by atoms with Gasteiger partial charge >= 0.3 is 6.61 Å². The minimum absolute atomic E-state index is 0.0165. The Bertz CT molecular complexity index is 646. The van der Waals surface area contributed by atoms with E-state index in [0.717, 1.165) is 0 Å². The molecule has 0 unspecified atom stereocenters. The molecule has 0 aliphatic carbocycles. The van der Waals surface area contributed by atoms with Crippen molar-refractivity contribution in [1.29, 1.82) is 0 Å².